The number of ether oxygens (including phenoxy) is 1. The largest absolute Gasteiger partial charge is 0.465 e. The molecule has 5 heteroatoms. The van der Waals surface area contributed by atoms with Crippen LogP contribution in [0.4, 0.5) is 4.39 Å². The summed E-state index contributed by atoms with van der Waals surface area (Å²) in [6.45, 7) is 4.95. The number of carbonyl (C=O) groups is 1. The Morgan fingerprint density at radius 2 is 2.33 bits per heavy atom. The molecule has 1 aromatic rings. The SMILES string of the molecule is CCNC1(C(=O)OCC)CCC(Sc2cccc(F)c2)C1. The van der Waals surface area contributed by atoms with Crippen molar-refractivity contribution in [3.05, 3.63) is 30.1 Å². The lowest BCUT2D eigenvalue weighted by Crippen LogP contribution is -2.51. The molecule has 0 saturated heterocycles. The fraction of sp³-hybridized carbons (Fsp3) is 0.562. The summed E-state index contributed by atoms with van der Waals surface area (Å²) in [5.41, 5.74) is -0.574. The van der Waals surface area contributed by atoms with Crippen LogP contribution in [0.1, 0.15) is 33.1 Å². The van der Waals surface area contributed by atoms with E-state index < -0.39 is 5.54 Å². The predicted octanol–water partition coefficient (Wildman–Crippen LogP) is 3.38. The third kappa shape index (κ3) is 3.98. The molecule has 1 aromatic carbocycles. The third-order valence-corrected chi connectivity index (χ3v) is 5.01. The summed E-state index contributed by atoms with van der Waals surface area (Å²) >= 11 is 1.64. The van der Waals surface area contributed by atoms with E-state index in [1.807, 2.05) is 19.9 Å². The molecule has 116 valence electrons. The van der Waals surface area contributed by atoms with Gasteiger partial charge in [0.2, 0.25) is 0 Å². The molecule has 2 unspecified atom stereocenters. The zero-order valence-electron chi connectivity index (χ0n) is 12.5. The van der Waals surface area contributed by atoms with Crippen LogP contribution in [-0.2, 0) is 9.53 Å². The van der Waals surface area contributed by atoms with Crippen molar-refractivity contribution >= 4 is 17.7 Å². The quantitative estimate of drug-likeness (QED) is 0.817. The van der Waals surface area contributed by atoms with Crippen molar-refractivity contribution in [3.8, 4) is 0 Å². The van der Waals surface area contributed by atoms with Gasteiger partial charge in [0.15, 0.2) is 0 Å². The van der Waals surface area contributed by atoms with Crippen LogP contribution in [0.15, 0.2) is 29.2 Å². The maximum absolute atomic E-state index is 13.2. The number of benzene rings is 1. The van der Waals surface area contributed by atoms with E-state index in [0.29, 0.717) is 11.9 Å². The van der Waals surface area contributed by atoms with Crippen LogP contribution >= 0.6 is 11.8 Å². The number of hydrogen-bond donors (Lipinski definition) is 1. The van der Waals surface area contributed by atoms with Gasteiger partial charge < -0.3 is 10.1 Å². The maximum atomic E-state index is 13.2. The molecule has 0 amide bonds. The van der Waals surface area contributed by atoms with Crippen LogP contribution in [0.2, 0.25) is 0 Å². The zero-order valence-corrected chi connectivity index (χ0v) is 13.3. The molecule has 1 saturated carbocycles. The van der Waals surface area contributed by atoms with Crippen LogP contribution in [-0.4, -0.2) is 29.9 Å². The van der Waals surface area contributed by atoms with E-state index in [-0.39, 0.29) is 11.8 Å². The molecule has 1 aliphatic carbocycles. The summed E-state index contributed by atoms with van der Waals surface area (Å²) in [5.74, 6) is -0.379. The van der Waals surface area contributed by atoms with Gasteiger partial charge in [0, 0.05) is 10.1 Å². The number of likely N-dealkylation sites (N-methyl/N-ethyl adjacent to an activating group) is 1. The third-order valence-electron chi connectivity index (χ3n) is 3.75. The number of esters is 1. The monoisotopic (exact) mass is 311 g/mol. The number of nitrogens with one attached hydrogen (secondary N) is 1. The minimum Gasteiger partial charge on any atom is -0.465 e. The van der Waals surface area contributed by atoms with E-state index in [1.165, 1.54) is 6.07 Å². The van der Waals surface area contributed by atoms with Crippen molar-refractivity contribution in [1.82, 2.24) is 5.32 Å². The second-order valence-corrected chi connectivity index (χ2v) is 6.65. The van der Waals surface area contributed by atoms with Gasteiger partial charge in [-0.3, -0.25) is 4.79 Å². The second-order valence-electron chi connectivity index (χ2n) is 5.27. The highest BCUT2D eigenvalue weighted by atomic mass is 32.2. The predicted molar refractivity (Wildman–Crippen MR) is 82.9 cm³/mol. The van der Waals surface area contributed by atoms with Crippen LogP contribution in [0.3, 0.4) is 0 Å². The minimum absolute atomic E-state index is 0.158. The van der Waals surface area contributed by atoms with Crippen LogP contribution < -0.4 is 5.32 Å². The van der Waals surface area contributed by atoms with Gasteiger partial charge in [-0.25, -0.2) is 4.39 Å². The smallest absolute Gasteiger partial charge is 0.326 e. The van der Waals surface area contributed by atoms with Crippen molar-refractivity contribution in [2.75, 3.05) is 13.2 Å². The molecule has 2 rings (SSSR count). The minimum atomic E-state index is -0.574. The molecule has 3 nitrogen and oxygen atoms in total. The highest BCUT2D eigenvalue weighted by molar-refractivity contribution is 8.00. The van der Waals surface area contributed by atoms with E-state index >= 15 is 0 Å². The summed E-state index contributed by atoms with van der Waals surface area (Å²) in [6, 6.07) is 6.61. The van der Waals surface area contributed by atoms with E-state index in [4.69, 9.17) is 4.74 Å². The van der Waals surface area contributed by atoms with Crippen LogP contribution in [0.5, 0.6) is 0 Å². The van der Waals surface area contributed by atoms with E-state index in [9.17, 15) is 9.18 Å². The standard InChI is InChI=1S/C16H22FNO2S/c1-3-18-16(15(19)20-4-2)9-8-14(11-16)21-13-7-5-6-12(17)10-13/h5-7,10,14,18H,3-4,8-9,11H2,1-2H3. The molecule has 1 aliphatic rings. The molecule has 1 N–H and O–H groups in total. The Balaban J connectivity index is 2.04. The maximum Gasteiger partial charge on any atom is 0.326 e. The lowest BCUT2D eigenvalue weighted by Gasteiger charge is -2.27. The topological polar surface area (TPSA) is 38.3 Å². The average Bonchev–Trinajstić information content (AvgIpc) is 2.84. The Morgan fingerprint density at radius 3 is 3.00 bits per heavy atom. The Morgan fingerprint density at radius 1 is 1.52 bits per heavy atom. The Hall–Kier alpha value is -1.07. The van der Waals surface area contributed by atoms with Crippen LogP contribution in [0, 0.1) is 5.82 Å². The molecule has 0 aliphatic heterocycles. The van der Waals surface area contributed by atoms with Gasteiger partial charge >= 0.3 is 5.97 Å². The summed E-state index contributed by atoms with van der Waals surface area (Å²) < 4.78 is 18.5. The Kier molecular flexibility index (Phi) is 5.65. The van der Waals surface area contributed by atoms with Crippen molar-refractivity contribution in [2.24, 2.45) is 0 Å². The Bertz CT molecular complexity index is 497. The molecule has 21 heavy (non-hydrogen) atoms. The van der Waals surface area contributed by atoms with Gasteiger partial charge in [-0.1, -0.05) is 13.0 Å². The van der Waals surface area contributed by atoms with Gasteiger partial charge in [0.1, 0.15) is 11.4 Å². The molecule has 2 atom stereocenters. The molecule has 0 heterocycles. The first kappa shape index (κ1) is 16.3. The number of carbonyl (C=O) groups excluding carboxylic acids is 1. The molecule has 0 aromatic heterocycles. The normalized spacial score (nSPS) is 25.0. The Labute approximate surface area is 129 Å². The van der Waals surface area contributed by atoms with Gasteiger partial charge in [0.25, 0.3) is 0 Å². The van der Waals surface area contributed by atoms with Gasteiger partial charge in [-0.2, -0.15) is 0 Å². The number of halogens is 1. The first-order valence-corrected chi connectivity index (χ1v) is 8.32. The molecular formula is C16H22FNO2S. The summed E-state index contributed by atoms with van der Waals surface area (Å²) in [4.78, 5) is 13.2. The van der Waals surface area contributed by atoms with E-state index in [0.717, 1.165) is 30.7 Å². The number of hydrogen-bond acceptors (Lipinski definition) is 4. The second kappa shape index (κ2) is 7.27. The lowest BCUT2D eigenvalue weighted by atomic mass is 9.98. The number of rotatable bonds is 6. The lowest BCUT2D eigenvalue weighted by molar-refractivity contribution is -0.151. The fourth-order valence-electron chi connectivity index (χ4n) is 2.86. The fourth-order valence-corrected chi connectivity index (χ4v) is 4.19. The molecule has 0 radical (unpaired) electrons. The van der Waals surface area contributed by atoms with E-state index in [2.05, 4.69) is 5.32 Å². The summed E-state index contributed by atoms with van der Waals surface area (Å²) in [6.07, 6.45) is 2.42. The summed E-state index contributed by atoms with van der Waals surface area (Å²) in [7, 11) is 0. The van der Waals surface area contributed by atoms with Gasteiger partial charge in [-0.15, -0.1) is 11.8 Å². The van der Waals surface area contributed by atoms with Crippen molar-refractivity contribution in [3.63, 3.8) is 0 Å². The van der Waals surface area contributed by atoms with E-state index in [1.54, 1.807) is 23.9 Å². The highest BCUT2D eigenvalue weighted by Gasteiger charge is 2.46. The number of thioether (sulfide) groups is 1. The molecule has 0 bridgehead atoms. The molecular weight excluding hydrogens is 289 g/mol. The average molecular weight is 311 g/mol. The van der Waals surface area contributed by atoms with Crippen molar-refractivity contribution in [2.45, 2.75) is 48.8 Å². The first-order chi connectivity index (χ1) is 10.1. The van der Waals surface area contributed by atoms with Gasteiger partial charge in [-0.05, 0) is 50.9 Å². The van der Waals surface area contributed by atoms with Gasteiger partial charge in [0.05, 0.1) is 6.61 Å². The first-order valence-electron chi connectivity index (χ1n) is 7.44. The molecule has 1 fully saturated rings. The molecule has 0 spiro atoms. The summed E-state index contributed by atoms with van der Waals surface area (Å²) in [5, 5.41) is 3.61. The zero-order chi connectivity index (χ0) is 15.3. The van der Waals surface area contributed by atoms with Crippen molar-refractivity contribution < 1.29 is 13.9 Å². The highest BCUT2D eigenvalue weighted by Crippen LogP contribution is 2.41. The van der Waals surface area contributed by atoms with Crippen molar-refractivity contribution in [1.29, 1.82) is 0 Å². The van der Waals surface area contributed by atoms with Crippen LogP contribution in [0.25, 0.3) is 0 Å².